The zero-order valence-electron chi connectivity index (χ0n) is 15.8. The van der Waals surface area contributed by atoms with Crippen LogP contribution in [0.1, 0.15) is 55.8 Å². The van der Waals surface area contributed by atoms with Crippen LogP contribution in [0.4, 0.5) is 0 Å². The molecule has 140 valence electrons. The van der Waals surface area contributed by atoms with E-state index in [1.807, 2.05) is 24.6 Å². The fraction of sp³-hybridized carbons (Fsp3) is 0.789. The van der Waals surface area contributed by atoms with Crippen molar-refractivity contribution >= 4 is 17.3 Å². The summed E-state index contributed by atoms with van der Waals surface area (Å²) in [6.07, 6.45) is 10.8. The van der Waals surface area contributed by atoms with Crippen LogP contribution in [0.5, 0.6) is 0 Å². The van der Waals surface area contributed by atoms with Crippen molar-refractivity contribution in [2.75, 3.05) is 20.2 Å². The third kappa shape index (κ3) is 4.00. The van der Waals surface area contributed by atoms with Crippen molar-refractivity contribution in [1.82, 2.24) is 15.6 Å². The summed E-state index contributed by atoms with van der Waals surface area (Å²) in [5.41, 5.74) is 0.332. The summed E-state index contributed by atoms with van der Waals surface area (Å²) in [6.45, 7) is 5.96. The minimum absolute atomic E-state index is 0.332. The molecule has 1 aromatic rings. The molecule has 5 nitrogen and oxygen atoms in total. The van der Waals surface area contributed by atoms with Gasteiger partial charge in [-0.2, -0.15) is 0 Å². The average Bonchev–Trinajstić information content (AvgIpc) is 3.30. The average molecular weight is 365 g/mol. The number of nitrogens with zero attached hydrogens (tertiary/aromatic N) is 2. The number of hydrogen-bond donors (Lipinski definition) is 2. The summed E-state index contributed by atoms with van der Waals surface area (Å²) in [6, 6.07) is 0.490. The summed E-state index contributed by atoms with van der Waals surface area (Å²) in [5.74, 6) is 0.915. The Hall–Kier alpha value is -1.14. The number of aromatic nitrogens is 1. The number of nitrogens with one attached hydrogen (secondary N) is 2. The molecule has 0 aliphatic heterocycles. The monoisotopic (exact) mass is 364 g/mol. The number of aryl methyl sites for hydroxylation is 1. The van der Waals surface area contributed by atoms with Gasteiger partial charge < -0.3 is 15.4 Å². The van der Waals surface area contributed by atoms with Crippen LogP contribution >= 0.6 is 11.3 Å². The molecule has 3 rings (SSSR count). The summed E-state index contributed by atoms with van der Waals surface area (Å²) in [4.78, 5) is 10.3. The molecule has 0 radical (unpaired) electrons. The number of aliphatic imine (C=N–C) groups is 1. The minimum atomic E-state index is 0.332. The second-order valence-electron chi connectivity index (χ2n) is 7.14. The van der Waals surface area contributed by atoms with E-state index in [0.717, 1.165) is 38.4 Å². The molecule has 0 bridgehead atoms. The third-order valence-corrected chi connectivity index (χ3v) is 7.00. The van der Waals surface area contributed by atoms with Crippen LogP contribution in [0, 0.1) is 5.41 Å². The van der Waals surface area contributed by atoms with E-state index in [-0.39, 0.29) is 0 Å². The first-order valence-electron chi connectivity index (χ1n) is 9.74. The Kier molecular flexibility index (Phi) is 6.34. The van der Waals surface area contributed by atoms with Gasteiger partial charge >= 0.3 is 0 Å². The van der Waals surface area contributed by atoms with Crippen LogP contribution < -0.4 is 10.6 Å². The van der Waals surface area contributed by atoms with Gasteiger partial charge in [0.25, 0.3) is 0 Å². The largest absolute Gasteiger partial charge is 0.378 e. The molecule has 2 atom stereocenters. The van der Waals surface area contributed by atoms with Gasteiger partial charge in [0.05, 0.1) is 11.1 Å². The Balaban J connectivity index is 1.49. The lowest BCUT2D eigenvalue weighted by Gasteiger charge is -2.54. The first-order chi connectivity index (χ1) is 12.2. The van der Waals surface area contributed by atoms with Gasteiger partial charge in [-0.05, 0) is 32.6 Å². The molecule has 2 fully saturated rings. The maximum atomic E-state index is 6.01. The smallest absolute Gasteiger partial charge is 0.191 e. The van der Waals surface area contributed by atoms with Crippen LogP contribution in [0.2, 0.25) is 0 Å². The van der Waals surface area contributed by atoms with Gasteiger partial charge in [-0.15, -0.1) is 11.3 Å². The van der Waals surface area contributed by atoms with E-state index in [1.165, 1.54) is 35.6 Å². The highest BCUT2D eigenvalue weighted by Gasteiger charge is 2.56. The summed E-state index contributed by atoms with van der Waals surface area (Å²) in [5, 5.41) is 8.33. The molecule has 6 heteroatoms. The van der Waals surface area contributed by atoms with E-state index in [9.17, 15) is 0 Å². The van der Waals surface area contributed by atoms with Gasteiger partial charge in [-0.1, -0.05) is 19.8 Å². The highest BCUT2D eigenvalue weighted by Crippen LogP contribution is 2.54. The zero-order chi connectivity index (χ0) is 17.7. The SMILES string of the molecule is CCOC1CC(NC(=NC)NCCc2ncc(CC)s2)C12CCCC2. The quantitative estimate of drug-likeness (QED) is 0.576. The number of hydrogen-bond acceptors (Lipinski definition) is 4. The van der Waals surface area contributed by atoms with Gasteiger partial charge in [0.2, 0.25) is 0 Å². The second kappa shape index (κ2) is 8.49. The third-order valence-electron chi connectivity index (χ3n) is 5.80. The topological polar surface area (TPSA) is 58.5 Å². The predicted octanol–water partition coefficient (Wildman–Crippen LogP) is 3.15. The van der Waals surface area contributed by atoms with E-state index >= 15 is 0 Å². The number of rotatable bonds is 7. The molecule has 0 amide bonds. The summed E-state index contributed by atoms with van der Waals surface area (Å²) in [7, 11) is 1.86. The van der Waals surface area contributed by atoms with Crippen LogP contribution in [0.3, 0.4) is 0 Å². The lowest BCUT2D eigenvalue weighted by atomic mass is 9.60. The van der Waals surface area contributed by atoms with Crippen LogP contribution in [0.15, 0.2) is 11.2 Å². The Bertz CT molecular complexity index is 580. The highest BCUT2D eigenvalue weighted by molar-refractivity contribution is 7.11. The van der Waals surface area contributed by atoms with Crippen molar-refractivity contribution in [3.05, 3.63) is 16.1 Å². The maximum Gasteiger partial charge on any atom is 0.191 e. The Morgan fingerprint density at radius 2 is 2.20 bits per heavy atom. The van der Waals surface area contributed by atoms with Crippen molar-refractivity contribution < 1.29 is 4.74 Å². The van der Waals surface area contributed by atoms with Crippen LogP contribution in [0.25, 0.3) is 0 Å². The van der Waals surface area contributed by atoms with E-state index in [4.69, 9.17) is 4.74 Å². The van der Waals surface area contributed by atoms with Crippen LogP contribution in [-0.4, -0.2) is 43.3 Å². The minimum Gasteiger partial charge on any atom is -0.378 e. The van der Waals surface area contributed by atoms with E-state index in [0.29, 0.717) is 17.6 Å². The van der Waals surface area contributed by atoms with E-state index < -0.39 is 0 Å². The van der Waals surface area contributed by atoms with Crippen molar-refractivity contribution in [3.63, 3.8) is 0 Å². The first-order valence-corrected chi connectivity index (χ1v) is 10.6. The molecule has 0 saturated heterocycles. The molecular weight excluding hydrogens is 332 g/mol. The van der Waals surface area contributed by atoms with E-state index in [1.54, 1.807) is 0 Å². The fourth-order valence-electron chi connectivity index (χ4n) is 4.36. The Morgan fingerprint density at radius 3 is 2.84 bits per heavy atom. The lowest BCUT2D eigenvalue weighted by molar-refractivity contribution is -0.125. The first kappa shape index (κ1) is 18.6. The molecule has 1 spiro atoms. The summed E-state index contributed by atoms with van der Waals surface area (Å²) >= 11 is 1.81. The van der Waals surface area contributed by atoms with Crippen molar-refractivity contribution in [2.24, 2.45) is 10.4 Å². The van der Waals surface area contributed by atoms with Gasteiger partial charge in [0.1, 0.15) is 0 Å². The Morgan fingerprint density at radius 1 is 1.40 bits per heavy atom. The van der Waals surface area contributed by atoms with Crippen molar-refractivity contribution in [1.29, 1.82) is 0 Å². The molecule has 25 heavy (non-hydrogen) atoms. The molecule has 2 aliphatic carbocycles. The number of ether oxygens (including phenoxy) is 1. The number of thiazole rings is 1. The fourth-order valence-corrected chi connectivity index (χ4v) is 5.23. The molecule has 0 aromatic carbocycles. The van der Waals surface area contributed by atoms with Crippen molar-refractivity contribution in [2.45, 2.75) is 70.9 Å². The number of guanidine groups is 1. The van der Waals surface area contributed by atoms with Gasteiger partial charge in [0.15, 0.2) is 5.96 Å². The summed E-state index contributed by atoms with van der Waals surface area (Å²) < 4.78 is 6.01. The predicted molar refractivity (Wildman–Crippen MR) is 104 cm³/mol. The molecule has 1 aromatic heterocycles. The molecular formula is C19H32N4OS. The molecule has 2 aliphatic rings. The molecule has 2 saturated carbocycles. The molecule has 2 N–H and O–H groups in total. The van der Waals surface area contributed by atoms with E-state index in [2.05, 4.69) is 34.5 Å². The molecule has 1 heterocycles. The lowest BCUT2D eigenvalue weighted by Crippen LogP contribution is -2.65. The molecule has 2 unspecified atom stereocenters. The normalized spacial score (nSPS) is 25.2. The van der Waals surface area contributed by atoms with Gasteiger partial charge in [0, 0.05) is 49.2 Å². The Labute approximate surface area is 155 Å². The standard InChI is InChI=1S/C19H32N4OS/c1-4-14-13-22-17(25-14)8-11-21-18(20-3)23-15-12-16(24-5-2)19(15)9-6-7-10-19/h13,15-16H,4-12H2,1-3H3,(H2,20,21,23). The highest BCUT2D eigenvalue weighted by atomic mass is 32.1. The zero-order valence-corrected chi connectivity index (χ0v) is 16.6. The maximum absolute atomic E-state index is 6.01. The van der Waals surface area contributed by atoms with Crippen molar-refractivity contribution in [3.8, 4) is 0 Å². The van der Waals surface area contributed by atoms with Gasteiger partial charge in [-0.3, -0.25) is 4.99 Å². The van der Waals surface area contributed by atoms with Gasteiger partial charge in [-0.25, -0.2) is 4.98 Å². The second-order valence-corrected chi connectivity index (χ2v) is 8.34. The van der Waals surface area contributed by atoms with Crippen LogP contribution in [-0.2, 0) is 17.6 Å².